The van der Waals surface area contributed by atoms with Crippen LogP contribution in [0.5, 0.6) is 0 Å². The van der Waals surface area contributed by atoms with Gasteiger partial charge in [0.2, 0.25) is 0 Å². The molecule has 1 aromatic rings. The Balaban J connectivity index is 2.08. The van der Waals surface area contributed by atoms with Gasteiger partial charge < -0.3 is 15.0 Å². The monoisotopic (exact) mass is 181 g/mol. The van der Waals surface area contributed by atoms with Crippen molar-refractivity contribution in [2.45, 2.75) is 25.5 Å². The summed E-state index contributed by atoms with van der Waals surface area (Å²) in [5.74, 6) is 0. The second-order valence-electron chi connectivity index (χ2n) is 3.68. The molecule has 2 heterocycles. The van der Waals surface area contributed by atoms with Crippen molar-refractivity contribution in [3.05, 3.63) is 18.2 Å². The summed E-state index contributed by atoms with van der Waals surface area (Å²) in [5, 5.41) is 13.0. The molecule has 2 N–H and O–H groups in total. The molecule has 13 heavy (non-hydrogen) atoms. The van der Waals surface area contributed by atoms with Crippen LogP contribution < -0.4 is 5.32 Å². The molecular formula is C9H15N3O. The molecule has 1 aliphatic rings. The highest BCUT2D eigenvalue weighted by Gasteiger charge is 2.34. The minimum Gasteiger partial charge on any atom is -0.387 e. The van der Waals surface area contributed by atoms with Gasteiger partial charge in [-0.25, -0.2) is 4.98 Å². The second-order valence-corrected chi connectivity index (χ2v) is 3.68. The van der Waals surface area contributed by atoms with Crippen LogP contribution in [0.2, 0.25) is 0 Å². The van der Waals surface area contributed by atoms with Crippen LogP contribution in [-0.4, -0.2) is 33.3 Å². The first-order valence-corrected chi connectivity index (χ1v) is 4.66. The maximum Gasteiger partial charge on any atom is 0.0950 e. The summed E-state index contributed by atoms with van der Waals surface area (Å²) in [5.41, 5.74) is 0.582. The van der Waals surface area contributed by atoms with E-state index in [4.69, 9.17) is 0 Å². The highest BCUT2D eigenvalue weighted by molar-refractivity contribution is 5.08. The summed E-state index contributed by atoms with van der Waals surface area (Å²) >= 11 is 0. The maximum absolute atomic E-state index is 9.90. The molecule has 0 bridgehead atoms. The first kappa shape index (κ1) is 8.72. The first-order chi connectivity index (χ1) is 6.23. The summed E-state index contributed by atoms with van der Waals surface area (Å²) < 4.78 is 2.07. The smallest absolute Gasteiger partial charge is 0.0950 e. The van der Waals surface area contributed by atoms with E-state index < -0.39 is 5.60 Å². The molecule has 1 aromatic heterocycles. The SMILES string of the molecule is CCn1cncc1CC1(O)CNC1. The zero-order valence-electron chi connectivity index (χ0n) is 7.82. The van der Waals surface area contributed by atoms with E-state index in [9.17, 15) is 5.11 Å². The predicted octanol–water partition coefficient (Wildman–Crippen LogP) is -0.220. The predicted molar refractivity (Wildman–Crippen MR) is 49.4 cm³/mol. The average molecular weight is 181 g/mol. The lowest BCUT2D eigenvalue weighted by atomic mass is 9.92. The van der Waals surface area contributed by atoms with Crippen molar-refractivity contribution >= 4 is 0 Å². The van der Waals surface area contributed by atoms with Gasteiger partial charge in [0, 0.05) is 37.9 Å². The molecule has 0 unspecified atom stereocenters. The summed E-state index contributed by atoms with van der Waals surface area (Å²) in [6, 6.07) is 0. The first-order valence-electron chi connectivity index (χ1n) is 4.66. The number of hydrogen-bond acceptors (Lipinski definition) is 3. The third-order valence-corrected chi connectivity index (χ3v) is 2.56. The van der Waals surface area contributed by atoms with Crippen molar-refractivity contribution in [3.63, 3.8) is 0 Å². The van der Waals surface area contributed by atoms with E-state index in [1.54, 1.807) is 0 Å². The van der Waals surface area contributed by atoms with Crippen LogP contribution in [-0.2, 0) is 13.0 Å². The largest absolute Gasteiger partial charge is 0.387 e. The highest BCUT2D eigenvalue weighted by Crippen LogP contribution is 2.17. The van der Waals surface area contributed by atoms with Crippen LogP contribution in [0.25, 0.3) is 0 Å². The molecule has 4 nitrogen and oxygen atoms in total. The highest BCUT2D eigenvalue weighted by atomic mass is 16.3. The van der Waals surface area contributed by atoms with Crippen LogP contribution in [0.4, 0.5) is 0 Å². The molecular weight excluding hydrogens is 166 g/mol. The van der Waals surface area contributed by atoms with Crippen LogP contribution >= 0.6 is 0 Å². The van der Waals surface area contributed by atoms with Crippen molar-refractivity contribution in [2.24, 2.45) is 0 Å². The zero-order chi connectivity index (χ0) is 9.31. The number of aryl methyl sites for hydroxylation is 1. The fourth-order valence-corrected chi connectivity index (χ4v) is 1.66. The van der Waals surface area contributed by atoms with E-state index in [0.717, 1.165) is 12.2 Å². The van der Waals surface area contributed by atoms with Gasteiger partial charge in [0.1, 0.15) is 0 Å². The molecule has 0 aliphatic carbocycles. The number of aliphatic hydroxyl groups is 1. The van der Waals surface area contributed by atoms with Gasteiger partial charge in [-0.1, -0.05) is 0 Å². The lowest BCUT2D eigenvalue weighted by molar-refractivity contribution is -0.0104. The van der Waals surface area contributed by atoms with E-state index in [1.807, 2.05) is 12.5 Å². The number of β-amino-alcohol motifs (C(OH)–C–C–N with tert-alkyl or cyclic N) is 1. The Hall–Kier alpha value is -0.870. The molecule has 0 aromatic carbocycles. The van der Waals surface area contributed by atoms with Gasteiger partial charge in [0.15, 0.2) is 0 Å². The number of hydrogen-bond donors (Lipinski definition) is 2. The van der Waals surface area contributed by atoms with Gasteiger partial charge in [-0.05, 0) is 6.92 Å². The third kappa shape index (κ3) is 1.59. The number of nitrogens with one attached hydrogen (secondary N) is 1. The summed E-state index contributed by atoms with van der Waals surface area (Å²) in [6.45, 7) is 4.39. The molecule has 0 saturated carbocycles. The van der Waals surface area contributed by atoms with Crippen molar-refractivity contribution in [1.29, 1.82) is 0 Å². The number of nitrogens with zero attached hydrogens (tertiary/aromatic N) is 2. The van der Waals surface area contributed by atoms with Crippen molar-refractivity contribution in [1.82, 2.24) is 14.9 Å². The molecule has 1 saturated heterocycles. The molecule has 0 spiro atoms. The van der Waals surface area contributed by atoms with E-state index in [-0.39, 0.29) is 0 Å². The van der Waals surface area contributed by atoms with Crippen LogP contribution in [0.3, 0.4) is 0 Å². The molecule has 4 heteroatoms. The van der Waals surface area contributed by atoms with Gasteiger partial charge in [0.05, 0.1) is 11.9 Å². The zero-order valence-corrected chi connectivity index (χ0v) is 7.82. The average Bonchev–Trinajstić information content (AvgIpc) is 2.49. The molecule has 2 rings (SSSR count). The van der Waals surface area contributed by atoms with E-state index in [1.165, 1.54) is 0 Å². The number of imidazole rings is 1. The molecule has 0 atom stereocenters. The molecule has 72 valence electrons. The summed E-state index contributed by atoms with van der Waals surface area (Å²) in [7, 11) is 0. The van der Waals surface area contributed by atoms with Crippen molar-refractivity contribution in [3.8, 4) is 0 Å². The number of rotatable bonds is 3. The Morgan fingerprint density at radius 2 is 2.46 bits per heavy atom. The normalized spacial score (nSPS) is 19.8. The van der Waals surface area contributed by atoms with Crippen LogP contribution in [0.1, 0.15) is 12.6 Å². The Bertz CT molecular complexity index is 291. The summed E-state index contributed by atoms with van der Waals surface area (Å²) in [4.78, 5) is 4.07. The van der Waals surface area contributed by atoms with E-state index >= 15 is 0 Å². The van der Waals surface area contributed by atoms with Gasteiger partial charge in [-0.2, -0.15) is 0 Å². The molecule has 0 amide bonds. The Kier molecular flexibility index (Phi) is 2.09. The number of aromatic nitrogens is 2. The lowest BCUT2D eigenvalue weighted by Gasteiger charge is -2.37. The van der Waals surface area contributed by atoms with E-state index in [2.05, 4.69) is 21.8 Å². The Morgan fingerprint density at radius 1 is 1.69 bits per heavy atom. The fraction of sp³-hybridized carbons (Fsp3) is 0.667. The topological polar surface area (TPSA) is 50.1 Å². The maximum atomic E-state index is 9.90. The van der Waals surface area contributed by atoms with Gasteiger partial charge in [0.25, 0.3) is 0 Å². The van der Waals surface area contributed by atoms with Crippen molar-refractivity contribution in [2.75, 3.05) is 13.1 Å². The van der Waals surface area contributed by atoms with E-state index in [0.29, 0.717) is 19.5 Å². The molecule has 0 radical (unpaired) electrons. The summed E-state index contributed by atoms with van der Waals surface area (Å²) in [6.07, 6.45) is 4.35. The second kappa shape index (κ2) is 3.12. The van der Waals surface area contributed by atoms with Gasteiger partial charge in [-0.15, -0.1) is 0 Å². The fourth-order valence-electron chi connectivity index (χ4n) is 1.66. The van der Waals surface area contributed by atoms with Crippen molar-refractivity contribution < 1.29 is 5.11 Å². The third-order valence-electron chi connectivity index (χ3n) is 2.56. The quantitative estimate of drug-likeness (QED) is 0.678. The van der Waals surface area contributed by atoms with Crippen LogP contribution in [0, 0.1) is 0 Å². The minimum atomic E-state index is -0.535. The van der Waals surface area contributed by atoms with Crippen LogP contribution in [0.15, 0.2) is 12.5 Å². The van der Waals surface area contributed by atoms with Gasteiger partial charge >= 0.3 is 0 Å². The lowest BCUT2D eigenvalue weighted by Crippen LogP contribution is -2.60. The minimum absolute atomic E-state index is 0.535. The van der Waals surface area contributed by atoms with Gasteiger partial charge in [-0.3, -0.25) is 0 Å². The standard InChI is InChI=1S/C9H15N3O/c1-2-12-7-10-4-8(12)3-9(13)5-11-6-9/h4,7,11,13H,2-3,5-6H2,1H3. The molecule has 1 fully saturated rings. The molecule has 1 aliphatic heterocycles. The Labute approximate surface area is 77.6 Å². The Morgan fingerprint density at radius 3 is 3.00 bits per heavy atom.